The number of rotatable bonds is 13. The molecule has 0 unspecified atom stereocenters. The first-order valence-corrected chi connectivity index (χ1v) is 12.6. The van der Waals surface area contributed by atoms with Crippen LogP contribution < -0.4 is 0 Å². The van der Waals surface area contributed by atoms with Gasteiger partial charge in [0, 0.05) is 6.42 Å². The van der Waals surface area contributed by atoms with E-state index in [0.717, 1.165) is 31.2 Å². The van der Waals surface area contributed by atoms with E-state index in [2.05, 4.69) is 39.0 Å². The summed E-state index contributed by atoms with van der Waals surface area (Å²) in [5, 5.41) is 0. The minimum atomic E-state index is -0.734. The molecule has 180 valence electrons. The van der Waals surface area contributed by atoms with Gasteiger partial charge in [0.05, 0.1) is 6.61 Å². The Hall–Kier alpha value is -1.27. The van der Waals surface area contributed by atoms with Crippen molar-refractivity contribution in [2.75, 3.05) is 0 Å². The predicted molar refractivity (Wildman–Crippen MR) is 125 cm³/mol. The molecule has 2 heterocycles. The van der Waals surface area contributed by atoms with Crippen LogP contribution in [-0.2, 0) is 43.2 Å². The maximum Gasteiger partial charge on any atom is 0.190 e. The molecule has 0 saturated carbocycles. The molecule has 2 aliphatic heterocycles. The SMILES string of the molecule is CCCCC(=O)[C@H]1O[C@@H]2OC(C)(C)O[C@@H]2[C@H]1OCc1ccc(CCCC)c(CCCC)c1. The van der Waals surface area contributed by atoms with E-state index < -0.39 is 24.3 Å². The lowest BCUT2D eigenvalue weighted by Gasteiger charge is -2.25. The first kappa shape index (κ1) is 25.4. The van der Waals surface area contributed by atoms with Gasteiger partial charge in [-0.25, -0.2) is 0 Å². The zero-order chi connectivity index (χ0) is 23.1. The molecule has 0 aliphatic carbocycles. The van der Waals surface area contributed by atoms with Gasteiger partial charge in [-0.05, 0) is 62.6 Å². The van der Waals surface area contributed by atoms with E-state index >= 15 is 0 Å². The number of carbonyl (C=O) groups is 1. The molecule has 0 N–H and O–H groups in total. The first-order valence-electron chi connectivity index (χ1n) is 12.6. The molecular formula is C27H42O5. The highest BCUT2D eigenvalue weighted by Gasteiger charge is 2.57. The summed E-state index contributed by atoms with van der Waals surface area (Å²) in [7, 11) is 0. The van der Waals surface area contributed by atoms with Crippen LogP contribution in [0.4, 0.5) is 0 Å². The number of hydrogen-bond acceptors (Lipinski definition) is 5. The molecule has 1 aromatic carbocycles. The van der Waals surface area contributed by atoms with Gasteiger partial charge in [-0.2, -0.15) is 0 Å². The molecule has 0 bridgehead atoms. The first-order chi connectivity index (χ1) is 15.4. The molecule has 4 atom stereocenters. The molecule has 2 fully saturated rings. The Morgan fingerprint density at radius 2 is 1.66 bits per heavy atom. The summed E-state index contributed by atoms with van der Waals surface area (Å²) in [4.78, 5) is 12.8. The lowest BCUT2D eigenvalue weighted by Crippen LogP contribution is -2.40. The maximum absolute atomic E-state index is 12.8. The van der Waals surface area contributed by atoms with Gasteiger partial charge < -0.3 is 18.9 Å². The number of fused-ring (bicyclic) bond motifs is 1. The number of hydrogen-bond donors (Lipinski definition) is 0. The Morgan fingerprint density at radius 3 is 2.34 bits per heavy atom. The summed E-state index contributed by atoms with van der Waals surface area (Å²) in [5.41, 5.74) is 4.02. The zero-order valence-electron chi connectivity index (χ0n) is 20.7. The Labute approximate surface area is 194 Å². The van der Waals surface area contributed by atoms with Crippen molar-refractivity contribution >= 4 is 5.78 Å². The van der Waals surface area contributed by atoms with E-state index in [1.165, 1.54) is 36.8 Å². The van der Waals surface area contributed by atoms with Crippen molar-refractivity contribution in [2.24, 2.45) is 0 Å². The van der Waals surface area contributed by atoms with Crippen LogP contribution in [0.15, 0.2) is 18.2 Å². The number of Topliss-reactive ketones (excluding diaryl/α,β-unsaturated/α-hetero) is 1. The van der Waals surface area contributed by atoms with Crippen LogP contribution >= 0.6 is 0 Å². The fourth-order valence-corrected chi connectivity index (χ4v) is 4.59. The highest BCUT2D eigenvalue weighted by molar-refractivity contribution is 5.84. The van der Waals surface area contributed by atoms with Crippen molar-refractivity contribution in [3.8, 4) is 0 Å². The lowest BCUT2D eigenvalue weighted by molar-refractivity contribution is -0.218. The summed E-state index contributed by atoms with van der Waals surface area (Å²) >= 11 is 0. The number of unbranched alkanes of at least 4 members (excludes halogenated alkanes) is 3. The number of carbonyl (C=O) groups excluding carboxylic acids is 1. The Bertz CT molecular complexity index is 744. The van der Waals surface area contributed by atoms with E-state index in [-0.39, 0.29) is 11.9 Å². The normalized spacial score (nSPS) is 26.4. The monoisotopic (exact) mass is 446 g/mol. The average Bonchev–Trinajstić information content (AvgIpc) is 3.25. The van der Waals surface area contributed by atoms with Crippen LogP contribution in [0.2, 0.25) is 0 Å². The maximum atomic E-state index is 12.8. The molecule has 2 saturated heterocycles. The van der Waals surface area contributed by atoms with Gasteiger partial charge in [-0.15, -0.1) is 0 Å². The third-order valence-electron chi connectivity index (χ3n) is 6.40. The second kappa shape index (κ2) is 11.7. The summed E-state index contributed by atoms with van der Waals surface area (Å²) in [6, 6.07) is 6.71. The summed E-state index contributed by atoms with van der Waals surface area (Å²) in [6.45, 7) is 10.7. The summed E-state index contributed by atoms with van der Waals surface area (Å²) < 4.78 is 24.3. The number of ether oxygens (including phenoxy) is 4. The van der Waals surface area contributed by atoms with Crippen molar-refractivity contribution in [1.82, 2.24) is 0 Å². The number of benzene rings is 1. The highest BCUT2D eigenvalue weighted by Crippen LogP contribution is 2.39. The molecule has 0 radical (unpaired) electrons. The van der Waals surface area contributed by atoms with Crippen LogP contribution in [0.5, 0.6) is 0 Å². The van der Waals surface area contributed by atoms with Crippen molar-refractivity contribution in [3.63, 3.8) is 0 Å². The molecule has 0 spiro atoms. The molecule has 1 aromatic rings. The van der Waals surface area contributed by atoms with E-state index in [9.17, 15) is 4.79 Å². The molecule has 5 heteroatoms. The Balaban J connectivity index is 1.72. The third-order valence-corrected chi connectivity index (χ3v) is 6.40. The molecule has 32 heavy (non-hydrogen) atoms. The fraction of sp³-hybridized carbons (Fsp3) is 0.741. The van der Waals surface area contributed by atoms with Crippen molar-refractivity contribution < 1.29 is 23.7 Å². The minimum Gasteiger partial charge on any atom is -0.367 e. The van der Waals surface area contributed by atoms with Crippen LogP contribution in [0.25, 0.3) is 0 Å². The average molecular weight is 447 g/mol. The molecule has 0 aromatic heterocycles. The lowest BCUT2D eigenvalue weighted by atomic mass is 9.96. The molecular weight excluding hydrogens is 404 g/mol. The third kappa shape index (κ3) is 6.40. The second-order valence-corrected chi connectivity index (χ2v) is 9.68. The van der Waals surface area contributed by atoms with Gasteiger partial charge >= 0.3 is 0 Å². The quantitative estimate of drug-likeness (QED) is 0.378. The van der Waals surface area contributed by atoms with Crippen LogP contribution in [0.3, 0.4) is 0 Å². The van der Waals surface area contributed by atoms with Crippen LogP contribution in [0.1, 0.15) is 96.3 Å². The standard InChI is InChI=1S/C27H42O5/c1-6-9-12-20-16-15-19(17-21(20)13-10-7-2)18-29-24-23(22(28)14-11-8-3)30-26-25(24)31-27(4,5)32-26/h15-17,23-26H,6-14,18H2,1-5H3/t23-,24+,25-,26-/m1/s1. The molecule has 0 amide bonds. The Morgan fingerprint density at radius 1 is 0.969 bits per heavy atom. The smallest absolute Gasteiger partial charge is 0.190 e. The second-order valence-electron chi connectivity index (χ2n) is 9.68. The summed E-state index contributed by atoms with van der Waals surface area (Å²) in [5.74, 6) is -0.655. The van der Waals surface area contributed by atoms with Crippen molar-refractivity contribution in [3.05, 3.63) is 34.9 Å². The molecule has 3 rings (SSSR count). The van der Waals surface area contributed by atoms with Crippen LogP contribution in [-0.4, -0.2) is 36.2 Å². The van der Waals surface area contributed by atoms with E-state index in [0.29, 0.717) is 13.0 Å². The zero-order valence-corrected chi connectivity index (χ0v) is 20.7. The number of ketones is 1. The Kier molecular flexibility index (Phi) is 9.30. The van der Waals surface area contributed by atoms with Gasteiger partial charge in [-0.1, -0.05) is 58.2 Å². The van der Waals surface area contributed by atoms with E-state index in [1.807, 2.05) is 13.8 Å². The topological polar surface area (TPSA) is 54.0 Å². The van der Waals surface area contributed by atoms with Gasteiger partial charge in [-0.3, -0.25) is 4.79 Å². The highest BCUT2D eigenvalue weighted by atomic mass is 16.8. The van der Waals surface area contributed by atoms with Crippen molar-refractivity contribution in [2.45, 2.75) is 129 Å². The minimum absolute atomic E-state index is 0.0785. The number of aryl methyl sites for hydroxylation is 2. The predicted octanol–water partition coefficient (Wildman–Crippen LogP) is 5.89. The van der Waals surface area contributed by atoms with Gasteiger partial charge in [0.15, 0.2) is 17.9 Å². The van der Waals surface area contributed by atoms with Crippen molar-refractivity contribution in [1.29, 1.82) is 0 Å². The van der Waals surface area contributed by atoms with E-state index in [4.69, 9.17) is 18.9 Å². The van der Waals surface area contributed by atoms with Crippen LogP contribution in [0, 0.1) is 0 Å². The molecule has 5 nitrogen and oxygen atoms in total. The summed E-state index contributed by atoms with van der Waals surface area (Å²) in [6.07, 6.45) is 7.33. The fourth-order valence-electron chi connectivity index (χ4n) is 4.59. The van der Waals surface area contributed by atoms with E-state index in [1.54, 1.807) is 0 Å². The van der Waals surface area contributed by atoms with Gasteiger partial charge in [0.2, 0.25) is 0 Å². The van der Waals surface area contributed by atoms with Gasteiger partial charge in [0.1, 0.15) is 18.3 Å². The largest absolute Gasteiger partial charge is 0.367 e. The molecule has 2 aliphatic rings. The van der Waals surface area contributed by atoms with Gasteiger partial charge in [0.25, 0.3) is 0 Å².